The van der Waals surface area contributed by atoms with E-state index in [2.05, 4.69) is 0 Å². The van der Waals surface area contributed by atoms with E-state index < -0.39 is 9.05 Å². The van der Waals surface area contributed by atoms with E-state index in [0.29, 0.717) is 11.9 Å². The highest BCUT2D eigenvalue weighted by molar-refractivity contribution is 8.14. The lowest BCUT2D eigenvalue weighted by atomic mass is 10.2. The molecule has 0 aliphatic heterocycles. The average molecular weight is 324 g/mol. The summed E-state index contributed by atoms with van der Waals surface area (Å²) in [6.45, 7) is 0.438. The van der Waals surface area contributed by atoms with E-state index in [1.807, 2.05) is 12.1 Å². The molecule has 0 unspecified atom stereocenters. The normalized spacial score (nSPS) is 11.9. The number of rotatable bonds is 3. The van der Waals surface area contributed by atoms with Crippen LogP contribution in [-0.2, 0) is 15.6 Å². The molecule has 0 saturated carbocycles. The summed E-state index contributed by atoms with van der Waals surface area (Å²) in [6.07, 6.45) is 1.51. The second kappa shape index (κ2) is 5.16. The van der Waals surface area contributed by atoms with Gasteiger partial charge in [0, 0.05) is 34.3 Å². The molecule has 108 valence electrons. The molecule has 0 aliphatic carbocycles. The lowest BCUT2D eigenvalue weighted by Crippen LogP contribution is -1.98. The lowest BCUT2D eigenvalue weighted by Gasteiger charge is -2.05. The SMILES string of the molecule is O=S(=O)(Cl)c1cn(Cc2ccc(F)cc2)c2ccccc12. The highest BCUT2D eigenvalue weighted by atomic mass is 35.7. The Labute approximate surface area is 126 Å². The Hall–Kier alpha value is -1.85. The number of hydrogen-bond acceptors (Lipinski definition) is 2. The van der Waals surface area contributed by atoms with Crippen LogP contribution in [0.3, 0.4) is 0 Å². The Morgan fingerprint density at radius 2 is 1.71 bits per heavy atom. The van der Waals surface area contributed by atoms with E-state index in [1.165, 1.54) is 18.3 Å². The summed E-state index contributed by atoms with van der Waals surface area (Å²) in [5.74, 6) is -0.305. The van der Waals surface area contributed by atoms with Gasteiger partial charge in [-0.05, 0) is 23.8 Å². The number of halogens is 2. The quantitative estimate of drug-likeness (QED) is 0.688. The Kier molecular flexibility index (Phi) is 3.47. The topological polar surface area (TPSA) is 39.1 Å². The van der Waals surface area contributed by atoms with Crippen molar-refractivity contribution in [3.8, 4) is 0 Å². The van der Waals surface area contributed by atoms with Crippen LogP contribution in [0.15, 0.2) is 59.6 Å². The maximum absolute atomic E-state index is 12.9. The van der Waals surface area contributed by atoms with Crippen LogP contribution in [0.2, 0.25) is 0 Å². The third kappa shape index (κ3) is 2.80. The van der Waals surface area contributed by atoms with E-state index in [1.54, 1.807) is 28.8 Å². The van der Waals surface area contributed by atoms with Crippen molar-refractivity contribution in [3.63, 3.8) is 0 Å². The van der Waals surface area contributed by atoms with Gasteiger partial charge < -0.3 is 4.57 Å². The van der Waals surface area contributed by atoms with Crippen LogP contribution >= 0.6 is 10.7 Å². The van der Waals surface area contributed by atoms with Crippen LogP contribution in [0.25, 0.3) is 10.9 Å². The molecule has 6 heteroatoms. The van der Waals surface area contributed by atoms with Crippen LogP contribution in [0, 0.1) is 5.82 Å². The van der Waals surface area contributed by atoms with Crippen molar-refractivity contribution in [2.75, 3.05) is 0 Å². The first-order valence-electron chi connectivity index (χ1n) is 6.22. The molecule has 3 rings (SSSR count). The van der Waals surface area contributed by atoms with Crippen LogP contribution in [0.1, 0.15) is 5.56 Å². The zero-order valence-electron chi connectivity index (χ0n) is 10.8. The first kappa shape index (κ1) is 14.1. The van der Waals surface area contributed by atoms with Gasteiger partial charge in [0.1, 0.15) is 10.7 Å². The minimum Gasteiger partial charge on any atom is -0.342 e. The molecule has 0 aliphatic rings. The first-order valence-corrected chi connectivity index (χ1v) is 8.53. The van der Waals surface area contributed by atoms with Crippen LogP contribution < -0.4 is 0 Å². The molecule has 0 saturated heterocycles. The molecular formula is C15H11ClFNO2S. The monoisotopic (exact) mass is 323 g/mol. The van der Waals surface area contributed by atoms with E-state index >= 15 is 0 Å². The molecule has 1 heterocycles. The van der Waals surface area contributed by atoms with Gasteiger partial charge in [0.25, 0.3) is 9.05 Å². The molecule has 0 fully saturated rings. The first-order chi connectivity index (χ1) is 9.95. The summed E-state index contributed by atoms with van der Waals surface area (Å²) < 4.78 is 38.0. The molecule has 0 bridgehead atoms. The standard InChI is InChI=1S/C15H11ClFNO2S/c16-21(19,20)15-10-18(14-4-2-1-3-13(14)15)9-11-5-7-12(17)8-6-11/h1-8,10H,9H2. The van der Waals surface area contributed by atoms with Crippen molar-refractivity contribution < 1.29 is 12.8 Å². The number of nitrogens with zero attached hydrogens (tertiary/aromatic N) is 1. The third-order valence-electron chi connectivity index (χ3n) is 3.28. The molecule has 0 amide bonds. The van der Waals surface area contributed by atoms with Gasteiger partial charge in [0.2, 0.25) is 0 Å². The molecule has 21 heavy (non-hydrogen) atoms. The Morgan fingerprint density at radius 1 is 1.05 bits per heavy atom. The van der Waals surface area contributed by atoms with Crippen molar-refractivity contribution >= 4 is 30.6 Å². The minimum absolute atomic E-state index is 0.0851. The zero-order chi connectivity index (χ0) is 15.0. The Morgan fingerprint density at radius 3 is 2.38 bits per heavy atom. The van der Waals surface area contributed by atoms with Gasteiger partial charge >= 0.3 is 0 Å². The second-order valence-corrected chi connectivity index (χ2v) is 7.24. The summed E-state index contributed by atoms with van der Waals surface area (Å²) in [7, 11) is 1.67. The van der Waals surface area contributed by atoms with Crippen LogP contribution in [0.4, 0.5) is 4.39 Å². The molecule has 0 spiro atoms. The summed E-state index contributed by atoms with van der Waals surface area (Å²) in [6, 6.07) is 13.2. The number of fused-ring (bicyclic) bond motifs is 1. The van der Waals surface area contributed by atoms with Gasteiger partial charge in [-0.15, -0.1) is 0 Å². The predicted octanol–water partition coefficient (Wildman–Crippen LogP) is 3.76. The fourth-order valence-electron chi connectivity index (χ4n) is 2.32. The van der Waals surface area contributed by atoms with E-state index in [-0.39, 0.29) is 10.7 Å². The largest absolute Gasteiger partial charge is 0.342 e. The fourth-order valence-corrected chi connectivity index (χ4v) is 3.38. The highest BCUT2D eigenvalue weighted by Gasteiger charge is 2.18. The molecule has 3 aromatic rings. The van der Waals surface area contributed by atoms with Gasteiger partial charge in [-0.2, -0.15) is 0 Å². The van der Waals surface area contributed by atoms with Crippen molar-refractivity contribution in [2.24, 2.45) is 0 Å². The molecule has 2 aromatic carbocycles. The summed E-state index contributed by atoms with van der Waals surface area (Å²) in [4.78, 5) is 0.0851. The van der Waals surface area contributed by atoms with E-state index in [9.17, 15) is 12.8 Å². The number of benzene rings is 2. The van der Waals surface area contributed by atoms with Crippen molar-refractivity contribution in [2.45, 2.75) is 11.4 Å². The van der Waals surface area contributed by atoms with E-state index in [4.69, 9.17) is 10.7 Å². The molecule has 0 atom stereocenters. The van der Waals surface area contributed by atoms with Gasteiger partial charge in [-0.3, -0.25) is 0 Å². The van der Waals surface area contributed by atoms with Gasteiger partial charge in [0.05, 0.1) is 0 Å². The maximum Gasteiger partial charge on any atom is 0.263 e. The van der Waals surface area contributed by atoms with Gasteiger partial charge in [0.15, 0.2) is 0 Å². The zero-order valence-corrected chi connectivity index (χ0v) is 12.4. The van der Waals surface area contributed by atoms with Crippen molar-refractivity contribution in [1.29, 1.82) is 0 Å². The summed E-state index contributed by atoms with van der Waals surface area (Å²) in [5, 5.41) is 0.578. The van der Waals surface area contributed by atoms with Crippen molar-refractivity contribution in [1.82, 2.24) is 4.57 Å². The number of para-hydroxylation sites is 1. The molecule has 3 nitrogen and oxygen atoms in total. The maximum atomic E-state index is 12.9. The summed E-state index contributed by atoms with van der Waals surface area (Å²) in [5.41, 5.74) is 1.64. The Bertz CT molecular complexity index is 901. The average Bonchev–Trinajstić information content (AvgIpc) is 2.81. The van der Waals surface area contributed by atoms with Gasteiger partial charge in [-0.1, -0.05) is 30.3 Å². The van der Waals surface area contributed by atoms with E-state index in [0.717, 1.165) is 11.1 Å². The predicted molar refractivity (Wildman–Crippen MR) is 80.5 cm³/mol. The third-order valence-corrected chi connectivity index (χ3v) is 4.63. The van der Waals surface area contributed by atoms with Gasteiger partial charge in [-0.25, -0.2) is 12.8 Å². The minimum atomic E-state index is -3.82. The highest BCUT2D eigenvalue weighted by Crippen LogP contribution is 2.28. The second-order valence-electron chi connectivity index (χ2n) is 4.70. The van der Waals surface area contributed by atoms with Crippen LogP contribution in [-0.4, -0.2) is 13.0 Å². The number of hydrogen-bond donors (Lipinski definition) is 0. The summed E-state index contributed by atoms with van der Waals surface area (Å²) >= 11 is 0. The Balaban J connectivity index is 2.13. The fraction of sp³-hybridized carbons (Fsp3) is 0.0667. The van der Waals surface area contributed by atoms with Crippen LogP contribution in [0.5, 0.6) is 0 Å². The smallest absolute Gasteiger partial charge is 0.263 e. The molecule has 0 radical (unpaired) electrons. The molecular weight excluding hydrogens is 313 g/mol. The molecule has 0 N–H and O–H groups in total. The number of aromatic nitrogens is 1. The molecule has 1 aromatic heterocycles. The lowest BCUT2D eigenvalue weighted by molar-refractivity contribution is 0.610. The van der Waals surface area contributed by atoms with Crippen molar-refractivity contribution in [3.05, 3.63) is 66.1 Å².